The predicted octanol–water partition coefficient (Wildman–Crippen LogP) is -1.19. The Bertz CT molecular complexity index is 675. The van der Waals surface area contributed by atoms with E-state index < -0.39 is 60.2 Å². The van der Waals surface area contributed by atoms with Gasteiger partial charge in [-0.15, -0.1) is 0 Å². The zero-order chi connectivity index (χ0) is 23.0. The molecular weight excluding hydrogens is 416 g/mol. The molecule has 6 N–H and O–H groups in total. The van der Waals surface area contributed by atoms with Gasteiger partial charge in [0.05, 0.1) is 12.5 Å². The number of nitrogens with one attached hydrogen (secondary N) is 2. The quantitative estimate of drug-likeness (QED) is 0.214. The topological polar surface area (TPSA) is 179 Å². The number of amides is 3. The van der Waals surface area contributed by atoms with Gasteiger partial charge in [0, 0.05) is 12.3 Å². The summed E-state index contributed by atoms with van der Waals surface area (Å²) in [7, 11) is 0. The summed E-state index contributed by atoms with van der Waals surface area (Å²) in [6.07, 6.45) is 0.685. The van der Waals surface area contributed by atoms with Gasteiger partial charge in [-0.25, -0.2) is 4.79 Å². The fourth-order valence-electron chi connectivity index (χ4n) is 3.11. The van der Waals surface area contributed by atoms with Gasteiger partial charge >= 0.3 is 11.9 Å². The molecular formula is C18H30N4O7S. The van der Waals surface area contributed by atoms with E-state index in [1.54, 1.807) is 0 Å². The van der Waals surface area contributed by atoms with E-state index >= 15 is 0 Å². The van der Waals surface area contributed by atoms with Crippen molar-refractivity contribution in [2.45, 2.75) is 63.7 Å². The minimum absolute atomic E-state index is 0.0145. The molecule has 0 radical (unpaired) electrons. The van der Waals surface area contributed by atoms with Crippen molar-refractivity contribution >= 4 is 42.3 Å². The van der Waals surface area contributed by atoms with E-state index in [0.29, 0.717) is 12.8 Å². The molecule has 0 aromatic heterocycles. The average Bonchev–Trinajstić information content (AvgIpc) is 3.19. The molecule has 170 valence electrons. The Morgan fingerprint density at radius 3 is 2.30 bits per heavy atom. The molecule has 0 aromatic rings. The van der Waals surface area contributed by atoms with Gasteiger partial charge in [-0.1, -0.05) is 20.3 Å². The largest absolute Gasteiger partial charge is 0.481 e. The van der Waals surface area contributed by atoms with E-state index in [-0.39, 0.29) is 24.6 Å². The number of carboxylic acids is 2. The Morgan fingerprint density at radius 1 is 1.17 bits per heavy atom. The van der Waals surface area contributed by atoms with Crippen molar-refractivity contribution in [3.8, 4) is 0 Å². The number of nitrogens with two attached hydrogens (primary N) is 1. The maximum Gasteiger partial charge on any atom is 0.326 e. The summed E-state index contributed by atoms with van der Waals surface area (Å²) in [4.78, 5) is 61.0. The van der Waals surface area contributed by atoms with Crippen molar-refractivity contribution in [2.24, 2.45) is 11.7 Å². The second kappa shape index (κ2) is 11.7. The molecule has 11 nitrogen and oxygen atoms in total. The molecule has 1 saturated heterocycles. The Labute approximate surface area is 180 Å². The second-order valence-electron chi connectivity index (χ2n) is 7.34. The summed E-state index contributed by atoms with van der Waals surface area (Å²) in [6.45, 7) is 3.95. The zero-order valence-corrected chi connectivity index (χ0v) is 17.9. The summed E-state index contributed by atoms with van der Waals surface area (Å²) in [5.41, 5.74) is 5.90. The van der Waals surface area contributed by atoms with E-state index in [0.717, 1.165) is 0 Å². The highest BCUT2D eigenvalue weighted by molar-refractivity contribution is 7.80. The summed E-state index contributed by atoms with van der Waals surface area (Å²) in [6, 6.07) is -4.37. The van der Waals surface area contributed by atoms with Crippen LogP contribution in [-0.2, 0) is 24.0 Å². The smallest absolute Gasteiger partial charge is 0.326 e. The first-order valence-electron chi connectivity index (χ1n) is 9.75. The molecule has 1 rings (SSSR count). The Hall–Kier alpha value is -2.34. The standard InChI is InChI=1S/C18H30N4O7S/c1-3-9(2)14(19)16(26)21-11(8-30)17(27)22-6-4-5-12(22)15(25)20-10(18(28)29)7-13(23)24/h9-12,14,30H,3-8,19H2,1-2H3,(H,20,25)(H,21,26)(H,23,24)(H,28,29). The molecule has 0 spiro atoms. The van der Waals surface area contributed by atoms with Crippen molar-refractivity contribution in [2.75, 3.05) is 12.3 Å². The van der Waals surface area contributed by atoms with Gasteiger partial charge in [0.2, 0.25) is 17.7 Å². The molecule has 12 heteroatoms. The van der Waals surface area contributed by atoms with Crippen molar-refractivity contribution < 1.29 is 34.2 Å². The van der Waals surface area contributed by atoms with Gasteiger partial charge in [0.15, 0.2) is 0 Å². The lowest BCUT2D eigenvalue weighted by Crippen LogP contribution is -2.58. The minimum Gasteiger partial charge on any atom is -0.481 e. The van der Waals surface area contributed by atoms with E-state index in [4.69, 9.17) is 15.9 Å². The third kappa shape index (κ3) is 6.87. The first-order valence-corrected chi connectivity index (χ1v) is 10.4. The third-order valence-corrected chi connectivity index (χ3v) is 5.55. The normalized spacial score (nSPS) is 20.0. The van der Waals surface area contributed by atoms with E-state index in [1.807, 2.05) is 13.8 Å². The van der Waals surface area contributed by atoms with Crippen LogP contribution < -0.4 is 16.4 Å². The Balaban J connectivity index is 2.86. The van der Waals surface area contributed by atoms with E-state index in [1.165, 1.54) is 4.90 Å². The van der Waals surface area contributed by atoms with Crippen molar-refractivity contribution in [1.29, 1.82) is 0 Å². The first-order chi connectivity index (χ1) is 14.0. The molecule has 0 aromatic carbocycles. The zero-order valence-electron chi connectivity index (χ0n) is 17.0. The van der Waals surface area contributed by atoms with Crippen molar-refractivity contribution in [3.63, 3.8) is 0 Å². The van der Waals surface area contributed by atoms with E-state index in [2.05, 4.69) is 23.3 Å². The van der Waals surface area contributed by atoms with Crippen LogP contribution in [0.4, 0.5) is 0 Å². The lowest BCUT2D eigenvalue weighted by molar-refractivity contribution is -0.148. The van der Waals surface area contributed by atoms with Crippen LogP contribution in [0, 0.1) is 5.92 Å². The van der Waals surface area contributed by atoms with Crippen LogP contribution in [0.25, 0.3) is 0 Å². The third-order valence-electron chi connectivity index (χ3n) is 5.19. The van der Waals surface area contributed by atoms with Gasteiger partial charge in [0.1, 0.15) is 18.1 Å². The van der Waals surface area contributed by atoms with Crippen molar-refractivity contribution in [3.05, 3.63) is 0 Å². The lowest BCUT2D eigenvalue weighted by atomic mass is 9.99. The molecule has 5 unspecified atom stereocenters. The molecule has 1 fully saturated rings. The molecule has 1 aliphatic heterocycles. The maximum atomic E-state index is 12.9. The fraction of sp³-hybridized carbons (Fsp3) is 0.722. The molecule has 0 aliphatic carbocycles. The molecule has 0 bridgehead atoms. The second-order valence-corrected chi connectivity index (χ2v) is 7.71. The van der Waals surface area contributed by atoms with Crippen LogP contribution in [0.3, 0.4) is 0 Å². The van der Waals surface area contributed by atoms with Crippen LogP contribution >= 0.6 is 12.6 Å². The van der Waals surface area contributed by atoms with Gasteiger partial charge < -0.3 is 31.5 Å². The number of hydrogen-bond donors (Lipinski definition) is 6. The maximum absolute atomic E-state index is 12.9. The summed E-state index contributed by atoms with van der Waals surface area (Å²) in [5.74, 6) is -4.75. The molecule has 1 aliphatic rings. The number of aliphatic carboxylic acids is 2. The van der Waals surface area contributed by atoms with Crippen molar-refractivity contribution in [1.82, 2.24) is 15.5 Å². The van der Waals surface area contributed by atoms with Crippen LogP contribution in [0.2, 0.25) is 0 Å². The molecule has 30 heavy (non-hydrogen) atoms. The number of nitrogens with zero attached hydrogens (tertiary/aromatic N) is 1. The fourth-order valence-corrected chi connectivity index (χ4v) is 3.36. The predicted molar refractivity (Wildman–Crippen MR) is 110 cm³/mol. The Kier molecular flexibility index (Phi) is 10.1. The number of carbonyl (C=O) groups is 5. The number of likely N-dealkylation sites (tertiary alicyclic amines) is 1. The van der Waals surface area contributed by atoms with E-state index in [9.17, 15) is 24.0 Å². The molecule has 5 atom stereocenters. The molecule has 1 heterocycles. The van der Waals surface area contributed by atoms with Gasteiger partial charge in [0.25, 0.3) is 0 Å². The number of carbonyl (C=O) groups excluding carboxylic acids is 3. The highest BCUT2D eigenvalue weighted by Crippen LogP contribution is 2.19. The minimum atomic E-state index is -1.61. The van der Waals surface area contributed by atoms with Crippen LogP contribution in [-0.4, -0.2) is 81.2 Å². The highest BCUT2D eigenvalue weighted by Gasteiger charge is 2.39. The summed E-state index contributed by atoms with van der Waals surface area (Å²) in [5, 5.41) is 22.6. The molecule has 3 amide bonds. The van der Waals surface area contributed by atoms with Crippen LogP contribution in [0.1, 0.15) is 39.5 Å². The molecule has 0 saturated carbocycles. The summed E-state index contributed by atoms with van der Waals surface area (Å²) >= 11 is 4.12. The number of carboxylic acid groups (broad SMARTS) is 2. The number of hydrogen-bond acceptors (Lipinski definition) is 7. The number of rotatable bonds is 11. The van der Waals surface area contributed by atoms with Gasteiger partial charge in [-0.3, -0.25) is 19.2 Å². The first kappa shape index (κ1) is 25.7. The number of thiol groups is 1. The SMILES string of the molecule is CCC(C)C(N)C(=O)NC(CS)C(=O)N1CCCC1C(=O)NC(CC(=O)O)C(=O)O. The summed E-state index contributed by atoms with van der Waals surface area (Å²) < 4.78 is 0. The van der Waals surface area contributed by atoms with Crippen LogP contribution in [0.5, 0.6) is 0 Å². The van der Waals surface area contributed by atoms with Crippen LogP contribution in [0.15, 0.2) is 0 Å². The lowest BCUT2D eigenvalue weighted by Gasteiger charge is -2.29. The Morgan fingerprint density at radius 2 is 1.80 bits per heavy atom. The van der Waals surface area contributed by atoms with Gasteiger partial charge in [-0.05, 0) is 18.8 Å². The van der Waals surface area contributed by atoms with Gasteiger partial charge in [-0.2, -0.15) is 12.6 Å². The average molecular weight is 447 g/mol. The highest BCUT2D eigenvalue weighted by atomic mass is 32.1. The monoisotopic (exact) mass is 446 g/mol.